The van der Waals surface area contributed by atoms with Crippen LogP contribution in [0, 0.1) is 18.3 Å². The molecule has 1 aromatic heterocycles. The minimum Gasteiger partial charge on any atom is -0.319 e. The molecule has 2 N–H and O–H groups in total. The standard InChI is InChI=1S/C15H26N2S/c1-11-10-18-13(17-11)15(16)8-5-6-12(7-9-15)14(2,3)4/h10,12H,5-9,16H2,1-4H3. The lowest BCUT2D eigenvalue weighted by atomic mass is 9.76. The van der Waals surface area contributed by atoms with E-state index in [0.717, 1.165) is 29.5 Å². The molecule has 3 heteroatoms. The van der Waals surface area contributed by atoms with Crippen LogP contribution in [0.4, 0.5) is 0 Å². The van der Waals surface area contributed by atoms with Gasteiger partial charge in [-0.15, -0.1) is 11.3 Å². The molecule has 1 saturated carbocycles. The van der Waals surface area contributed by atoms with E-state index in [0.29, 0.717) is 5.41 Å². The van der Waals surface area contributed by atoms with Gasteiger partial charge in [0.2, 0.25) is 0 Å². The molecular weight excluding hydrogens is 240 g/mol. The van der Waals surface area contributed by atoms with Crippen LogP contribution in [0.15, 0.2) is 5.38 Å². The Morgan fingerprint density at radius 1 is 1.33 bits per heavy atom. The number of hydrogen-bond donors (Lipinski definition) is 1. The highest BCUT2D eigenvalue weighted by molar-refractivity contribution is 7.09. The van der Waals surface area contributed by atoms with Crippen LogP contribution >= 0.6 is 11.3 Å². The zero-order valence-corrected chi connectivity index (χ0v) is 12.9. The maximum absolute atomic E-state index is 6.65. The maximum atomic E-state index is 6.65. The van der Waals surface area contributed by atoms with E-state index >= 15 is 0 Å². The minimum absolute atomic E-state index is 0.168. The fourth-order valence-corrected chi connectivity index (χ4v) is 4.00. The molecule has 2 unspecified atom stereocenters. The van der Waals surface area contributed by atoms with Crippen molar-refractivity contribution < 1.29 is 0 Å². The third kappa shape index (κ3) is 2.94. The van der Waals surface area contributed by atoms with Crippen molar-refractivity contribution in [1.29, 1.82) is 0 Å². The average molecular weight is 266 g/mol. The lowest BCUT2D eigenvalue weighted by Gasteiger charge is -2.30. The van der Waals surface area contributed by atoms with Gasteiger partial charge in [-0.2, -0.15) is 0 Å². The number of rotatable bonds is 1. The molecule has 0 spiro atoms. The summed E-state index contributed by atoms with van der Waals surface area (Å²) in [5, 5.41) is 3.27. The Morgan fingerprint density at radius 3 is 2.61 bits per heavy atom. The minimum atomic E-state index is -0.168. The predicted octanol–water partition coefficient (Wildman–Crippen LogP) is 4.23. The fourth-order valence-electron chi connectivity index (χ4n) is 3.03. The quantitative estimate of drug-likeness (QED) is 0.772. The van der Waals surface area contributed by atoms with Gasteiger partial charge in [-0.3, -0.25) is 0 Å². The van der Waals surface area contributed by atoms with E-state index in [2.05, 4.69) is 38.1 Å². The average Bonchev–Trinajstić information content (AvgIpc) is 2.58. The van der Waals surface area contributed by atoms with E-state index in [9.17, 15) is 0 Å². The van der Waals surface area contributed by atoms with Crippen LogP contribution in [0.1, 0.15) is 63.6 Å². The number of aromatic nitrogens is 1. The SMILES string of the molecule is Cc1csc(C2(N)CCCC(C(C)(C)C)CC2)n1. The summed E-state index contributed by atoms with van der Waals surface area (Å²) in [4.78, 5) is 4.63. The van der Waals surface area contributed by atoms with Crippen LogP contribution < -0.4 is 5.73 Å². The van der Waals surface area contributed by atoms with Crippen LogP contribution in [0.25, 0.3) is 0 Å². The van der Waals surface area contributed by atoms with E-state index in [1.165, 1.54) is 19.3 Å². The molecule has 0 radical (unpaired) electrons. The highest BCUT2D eigenvalue weighted by Gasteiger charge is 2.36. The molecule has 0 amide bonds. The van der Waals surface area contributed by atoms with Gasteiger partial charge < -0.3 is 5.73 Å². The lowest BCUT2D eigenvalue weighted by molar-refractivity contribution is 0.211. The summed E-state index contributed by atoms with van der Waals surface area (Å²) in [6.45, 7) is 9.12. The summed E-state index contributed by atoms with van der Waals surface area (Å²) in [7, 11) is 0. The van der Waals surface area contributed by atoms with Crippen LogP contribution in [0.5, 0.6) is 0 Å². The second-order valence-corrected chi connectivity index (χ2v) is 7.80. The van der Waals surface area contributed by atoms with Crippen LogP contribution in [0.3, 0.4) is 0 Å². The first-order valence-electron chi connectivity index (χ1n) is 7.03. The Labute approximate surface area is 115 Å². The van der Waals surface area contributed by atoms with Gasteiger partial charge in [-0.25, -0.2) is 4.98 Å². The number of aryl methyl sites for hydroxylation is 1. The molecule has 0 saturated heterocycles. The lowest BCUT2D eigenvalue weighted by Crippen LogP contribution is -2.36. The van der Waals surface area contributed by atoms with E-state index in [1.807, 2.05) is 0 Å². The van der Waals surface area contributed by atoms with Crippen molar-refractivity contribution in [2.24, 2.45) is 17.1 Å². The summed E-state index contributed by atoms with van der Waals surface area (Å²) in [5.41, 5.74) is 7.99. The van der Waals surface area contributed by atoms with Gasteiger partial charge in [0, 0.05) is 11.1 Å². The molecule has 1 aliphatic carbocycles. The van der Waals surface area contributed by atoms with Gasteiger partial charge >= 0.3 is 0 Å². The van der Waals surface area contributed by atoms with Gasteiger partial charge in [0.25, 0.3) is 0 Å². The molecule has 0 aromatic carbocycles. The second kappa shape index (κ2) is 4.93. The topological polar surface area (TPSA) is 38.9 Å². The fraction of sp³-hybridized carbons (Fsp3) is 0.800. The van der Waals surface area contributed by atoms with Gasteiger partial charge in [-0.05, 0) is 43.9 Å². The summed E-state index contributed by atoms with van der Waals surface area (Å²) in [5.74, 6) is 0.795. The Kier molecular flexibility index (Phi) is 3.84. The molecule has 1 fully saturated rings. The molecule has 1 heterocycles. The van der Waals surface area contributed by atoms with Crippen LogP contribution in [0.2, 0.25) is 0 Å². The van der Waals surface area contributed by atoms with Crippen molar-refractivity contribution in [2.75, 3.05) is 0 Å². The first kappa shape index (κ1) is 14.0. The monoisotopic (exact) mass is 266 g/mol. The molecule has 0 bridgehead atoms. The molecule has 102 valence electrons. The van der Waals surface area contributed by atoms with Crippen LogP contribution in [-0.2, 0) is 5.54 Å². The van der Waals surface area contributed by atoms with E-state index < -0.39 is 0 Å². The van der Waals surface area contributed by atoms with Crippen molar-refractivity contribution in [1.82, 2.24) is 4.98 Å². The third-order valence-electron chi connectivity index (χ3n) is 4.38. The highest BCUT2D eigenvalue weighted by atomic mass is 32.1. The second-order valence-electron chi connectivity index (χ2n) is 6.94. The normalized spacial score (nSPS) is 30.2. The molecule has 2 atom stereocenters. The molecule has 0 aliphatic heterocycles. The summed E-state index contributed by atoms with van der Waals surface area (Å²) in [6, 6.07) is 0. The van der Waals surface area contributed by atoms with Crippen LogP contribution in [-0.4, -0.2) is 4.98 Å². The van der Waals surface area contributed by atoms with Gasteiger partial charge in [0.05, 0.1) is 5.54 Å². The number of nitrogens with zero attached hydrogens (tertiary/aromatic N) is 1. The smallest absolute Gasteiger partial charge is 0.113 e. The Morgan fingerprint density at radius 2 is 2.06 bits per heavy atom. The summed E-state index contributed by atoms with van der Waals surface area (Å²) >= 11 is 1.74. The van der Waals surface area contributed by atoms with Crippen molar-refractivity contribution in [3.8, 4) is 0 Å². The summed E-state index contributed by atoms with van der Waals surface area (Å²) < 4.78 is 0. The number of thiazole rings is 1. The Hall–Kier alpha value is -0.410. The first-order valence-corrected chi connectivity index (χ1v) is 7.91. The molecule has 2 nitrogen and oxygen atoms in total. The predicted molar refractivity (Wildman–Crippen MR) is 78.7 cm³/mol. The summed E-state index contributed by atoms with van der Waals surface area (Å²) in [6.07, 6.45) is 5.96. The van der Waals surface area contributed by atoms with E-state index in [1.54, 1.807) is 11.3 Å². The van der Waals surface area contributed by atoms with E-state index in [4.69, 9.17) is 5.73 Å². The molecule has 1 aromatic rings. The molecular formula is C15H26N2S. The van der Waals surface area contributed by atoms with Crippen molar-refractivity contribution >= 4 is 11.3 Å². The first-order chi connectivity index (χ1) is 8.31. The molecule has 2 rings (SSSR count). The molecule has 1 aliphatic rings. The highest BCUT2D eigenvalue weighted by Crippen LogP contribution is 2.42. The van der Waals surface area contributed by atoms with Crippen molar-refractivity contribution in [3.63, 3.8) is 0 Å². The zero-order valence-electron chi connectivity index (χ0n) is 12.1. The number of nitrogens with two attached hydrogens (primary N) is 1. The largest absolute Gasteiger partial charge is 0.319 e. The van der Waals surface area contributed by atoms with Crippen molar-refractivity contribution in [3.05, 3.63) is 16.1 Å². The Bertz CT molecular complexity index is 405. The van der Waals surface area contributed by atoms with E-state index in [-0.39, 0.29) is 5.54 Å². The zero-order chi connectivity index (χ0) is 13.4. The third-order valence-corrected chi connectivity index (χ3v) is 5.56. The van der Waals surface area contributed by atoms with Gasteiger partial charge in [0.15, 0.2) is 0 Å². The van der Waals surface area contributed by atoms with Gasteiger partial charge in [-0.1, -0.05) is 27.2 Å². The van der Waals surface area contributed by atoms with Gasteiger partial charge in [0.1, 0.15) is 5.01 Å². The maximum Gasteiger partial charge on any atom is 0.113 e. The van der Waals surface area contributed by atoms with Crippen molar-refractivity contribution in [2.45, 2.75) is 65.3 Å². The number of hydrogen-bond acceptors (Lipinski definition) is 3. The molecule has 18 heavy (non-hydrogen) atoms. The Balaban J connectivity index is 2.13.